The van der Waals surface area contributed by atoms with Crippen molar-refractivity contribution in [2.75, 3.05) is 40.9 Å². The van der Waals surface area contributed by atoms with E-state index >= 15 is 0 Å². The zero-order chi connectivity index (χ0) is 50.6. The lowest BCUT2D eigenvalue weighted by atomic mass is 10.0. The predicted octanol–water partition coefficient (Wildman–Crippen LogP) is 16.0. The Morgan fingerprint density at radius 3 is 1.35 bits per heavy atom. The number of phosphoric ester groups is 1. The Hall–Kier alpha value is -3.10. The molecule has 0 saturated heterocycles. The molecule has 0 heterocycles. The molecule has 0 aliphatic carbocycles. The van der Waals surface area contributed by atoms with Crippen LogP contribution in [-0.4, -0.2) is 68.5 Å². The minimum absolute atomic E-state index is 0.0221. The van der Waals surface area contributed by atoms with Crippen molar-refractivity contribution >= 4 is 13.7 Å². The van der Waals surface area contributed by atoms with Gasteiger partial charge in [-0.25, -0.2) is 0 Å². The fourth-order valence-corrected chi connectivity index (χ4v) is 7.85. The number of nitrogens with one attached hydrogen (secondary N) is 1. The summed E-state index contributed by atoms with van der Waals surface area (Å²) in [6.07, 6.45) is 74.1. The number of phosphoric acid groups is 1. The second kappa shape index (κ2) is 49.9. The summed E-state index contributed by atoms with van der Waals surface area (Å²) in [5.74, 6) is -0.254. The molecule has 0 aliphatic rings. The molecule has 3 atom stereocenters. The molecule has 1 amide bonds. The van der Waals surface area contributed by atoms with Crippen molar-refractivity contribution in [3.05, 3.63) is 122 Å². The van der Waals surface area contributed by atoms with Crippen LogP contribution in [0.25, 0.3) is 0 Å². The van der Waals surface area contributed by atoms with Crippen LogP contribution in [0.2, 0.25) is 0 Å². The lowest BCUT2D eigenvalue weighted by Gasteiger charge is -2.29. The number of hydrogen-bond donors (Lipinski definition) is 2. The number of rotatable bonds is 48. The highest BCUT2D eigenvalue weighted by Crippen LogP contribution is 2.38. The van der Waals surface area contributed by atoms with Crippen molar-refractivity contribution in [2.24, 2.45) is 0 Å². The third-order valence-electron chi connectivity index (χ3n) is 11.4. The van der Waals surface area contributed by atoms with Crippen LogP contribution in [0.4, 0.5) is 0 Å². The van der Waals surface area contributed by atoms with E-state index in [2.05, 4.69) is 129 Å². The molecule has 0 aromatic rings. The van der Waals surface area contributed by atoms with Gasteiger partial charge in [0, 0.05) is 6.42 Å². The Kier molecular flexibility index (Phi) is 47.6. The second-order valence-corrected chi connectivity index (χ2v) is 20.6. The lowest BCUT2D eigenvalue weighted by molar-refractivity contribution is -0.870. The average molecular weight is 979 g/mol. The van der Waals surface area contributed by atoms with Crippen LogP contribution in [0.5, 0.6) is 0 Å². The van der Waals surface area contributed by atoms with Crippen LogP contribution in [0.3, 0.4) is 0 Å². The largest absolute Gasteiger partial charge is 0.756 e. The van der Waals surface area contributed by atoms with Gasteiger partial charge in [0.05, 0.1) is 39.9 Å². The van der Waals surface area contributed by atoms with Crippen molar-refractivity contribution in [2.45, 2.75) is 212 Å². The number of carbonyl (C=O) groups is 1. The monoisotopic (exact) mass is 979 g/mol. The summed E-state index contributed by atoms with van der Waals surface area (Å²) >= 11 is 0. The van der Waals surface area contributed by atoms with Gasteiger partial charge in [0.25, 0.3) is 7.82 Å². The highest BCUT2D eigenvalue weighted by atomic mass is 31.2. The van der Waals surface area contributed by atoms with Gasteiger partial charge in [0.15, 0.2) is 0 Å². The summed E-state index contributed by atoms with van der Waals surface area (Å²) in [4.78, 5) is 25.4. The number of unbranched alkanes of at least 4 members (excludes halogenated alkanes) is 17. The number of nitrogens with zero attached hydrogens (tertiary/aromatic N) is 1. The van der Waals surface area contributed by atoms with Gasteiger partial charge in [0.2, 0.25) is 5.91 Å². The number of allylic oxidation sites excluding steroid dienone is 19. The maximum Gasteiger partial charge on any atom is 0.268 e. The van der Waals surface area contributed by atoms with Crippen molar-refractivity contribution in [1.29, 1.82) is 0 Å². The number of aliphatic hydroxyl groups is 1. The molecule has 0 aromatic heterocycles. The van der Waals surface area contributed by atoms with Crippen LogP contribution in [-0.2, 0) is 18.4 Å². The van der Waals surface area contributed by atoms with Crippen molar-refractivity contribution in [3.63, 3.8) is 0 Å². The first-order valence-electron chi connectivity index (χ1n) is 27.4. The first-order chi connectivity index (χ1) is 33.5. The SMILES string of the molecule is CC/C=C\C/C=C\C/C=C\C/C=C\C/C=C\C/C=C\C/C=C\C/C=C\CCCCC(=O)NC(COP(=O)([O-])OCC[N+](C)(C)C)C(O)/C=C/CC/C=C/CCCCCCCCCCCCCCCC. The molecule has 3 unspecified atom stereocenters. The molecule has 0 aliphatic heterocycles. The van der Waals surface area contributed by atoms with Gasteiger partial charge in [-0.15, -0.1) is 0 Å². The number of amides is 1. The molecule has 0 rings (SSSR count). The molecular formula is C60H103N2O6P. The van der Waals surface area contributed by atoms with E-state index in [4.69, 9.17) is 9.05 Å². The Balaban J connectivity index is 4.44. The predicted molar refractivity (Wildman–Crippen MR) is 297 cm³/mol. The molecule has 0 fully saturated rings. The Morgan fingerprint density at radius 1 is 0.522 bits per heavy atom. The zero-order valence-electron chi connectivity index (χ0n) is 44.7. The summed E-state index contributed by atoms with van der Waals surface area (Å²) < 4.78 is 23.3. The van der Waals surface area contributed by atoms with E-state index in [1.807, 2.05) is 27.2 Å². The molecular weight excluding hydrogens is 876 g/mol. The van der Waals surface area contributed by atoms with Gasteiger partial charge in [-0.1, -0.05) is 219 Å². The third-order valence-corrected chi connectivity index (χ3v) is 12.4. The van der Waals surface area contributed by atoms with Crippen molar-refractivity contribution in [3.8, 4) is 0 Å². The van der Waals surface area contributed by atoms with Gasteiger partial charge >= 0.3 is 0 Å². The minimum Gasteiger partial charge on any atom is -0.756 e. The van der Waals surface area contributed by atoms with Crippen molar-refractivity contribution < 1.29 is 32.9 Å². The third kappa shape index (κ3) is 52.6. The van der Waals surface area contributed by atoms with Crippen LogP contribution >= 0.6 is 7.82 Å². The summed E-state index contributed by atoms with van der Waals surface area (Å²) in [7, 11) is 1.19. The number of aliphatic hydroxyl groups excluding tert-OH is 1. The Morgan fingerprint density at radius 2 is 0.899 bits per heavy atom. The van der Waals surface area contributed by atoms with Crippen molar-refractivity contribution in [1.82, 2.24) is 5.32 Å². The Labute approximate surface area is 424 Å². The van der Waals surface area contributed by atoms with Gasteiger partial charge < -0.3 is 28.8 Å². The average Bonchev–Trinajstić information content (AvgIpc) is 3.31. The van der Waals surface area contributed by atoms with Crippen LogP contribution in [0.15, 0.2) is 122 Å². The molecule has 0 bridgehead atoms. The van der Waals surface area contributed by atoms with E-state index in [1.165, 1.54) is 89.9 Å². The Bertz CT molecular complexity index is 1530. The number of hydrogen-bond acceptors (Lipinski definition) is 6. The summed E-state index contributed by atoms with van der Waals surface area (Å²) in [6.45, 7) is 4.47. The normalized spacial score (nSPS) is 14.9. The second-order valence-electron chi connectivity index (χ2n) is 19.2. The first-order valence-corrected chi connectivity index (χ1v) is 28.9. The van der Waals surface area contributed by atoms with Crippen LogP contribution in [0.1, 0.15) is 200 Å². The number of likely N-dealkylation sites (N-methyl/N-ethyl adjacent to an activating group) is 1. The number of quaternary nitrogens is 1. The first kappa shape index (κ1) is 65.9. The van der Waals surface area contributed by atoms with Gasteiger partial charge in [-0.3, -0.25) is 9.36 Å². The topological polar surface area (TPSA) is 108 Å². The van der Waals surface area contributed by atoms with Crippen LogP contribution in [0, 0.1) is 0 Å². The van der Waals surface area contributed by atoms with Gasteiger partial charge in [0.1, 0.15) is 13.2 Å². The molecule has 0 aromatic carbocycles. The van der Waals surface area contributed by atoms with E-state index in [1.54, 1.807) is 6.08 Å². The van der Waals surface area contributed by atoms with Crippen LogP contribution < -0.4 is 10.2 Å². The minimum atomic E-state index is -4.63. The van der Waals surface area contributed by atoms with E-state index < -0.39 is 26.6 Å². The highest BCUT2D eigenvalue weighted by Gasteiger charge is 2.23. The molecule has 0 saturated carbocycles. The van der Waals surface area contributed by atoms with E-state index in [0.717, 1.165) is 83.5 Å². The van der Waals surface area contributed by atoms with E-state index in [-0.39, 0.29) is 18.9 Å². The maximum absolute atomic E-state index is 12.9. The van der Waals surface area contributed by atoms with Gasteiger partial charge in [-0.05, 0) is 96.3 Å². The zero-order valence-corrected chi connectivity index (χ0v) is 45.6. The maximum atomic E-state index is 12.9. The summed E-state index contributed by atoms with van der Waals surface area (Å²) in [6, 6.07) is -0.937. The fourth-order valence-electron chi connectivity index (χ4n) is 7.12. The molecule has 394 valence electrons. The quantitative estimate of drug-likeness (QED) is 0.0272. The standard InChI is InChI=1S/C60H103N2O6P/c1-6-8-10-12-14-16-18-20-22-24-26-28-29-30-31-32-33-34-36-38-40-42-44-46-48-50-52-54-60(64)61-58(57-68-69(65,66)67-56-55-62(3,4)5)59(63)53-51-49-47-45-43-41-39-37-35-27-25-23-21-19-17-15-13-11-9-7-2/h8,10,14,16,20,22,26,28,30-31,33-34,38,40,43-46,51,53,58-59,63H,6-7,9,11-13,15,17-19,21,23-25,27,29,32,35-37,39,41-42,47-50,52,54-57H2,1-5H3,(H-,61,64,65,66)/b10-8-,16-14-,22-20-,28-26-,31-30-,34-33-,40-38-,45-43+,46-44-,53-51+. The lowest BCUT2D eigenvalue weighted by Crippen LogP contribution is -2.45. The fraction of sp³-hybridized carbons (Fsp3) is 0.650. The molecule has 9 heteroatoms. The summed E-state index contributed by atoms with van der Waals surface area (Å²) in [5.41, 5.74) is 0. The highest BCUT2D eigenvalue weighted by molar-refractivity contribution is 7.45. The molecule has 69 heavy (non-hydrogen) atoms. The number of carbonyl (C=O) groups excluding carboxylic acids is 1. The molecule has 2 N–H and O–H groups in total. The molecule has 0 spiro atoms. The van der Waals surface area contributed by atoms with E-state index in [0.29, 0.717) is 17.4 Å². The van der Waals surface area contributed by atoms with E-state index in [9.17, 15) is 19.4 Å². The van der Waals surface area contributed by atoms with Gasteiger partial charge in [-0.2, -0.15) is 0 Å². The summed E-state index contributed by atoms with van der Waals surface area (Å²) in [5, 5.41) is 13.8. The smallest absolute Gasteiger partial charge is 0.268 e. The molecule has 8 nitrogen and oxygen atoms in total. The molecule has 0 radical (unpaired) electrons.